The summed E-state index contributed by atoms with van der Waals surface area (Å²) < 4.78 is 1.91. The van der Waals surface area contributed by atoms with Gasteiger partial charge in [-0.2, -0.15) is 0 Å². The van der Waals surface area contributed by atoms with Gasteiger partial charge in [0.15, 0.2) is 0 Å². The zero-order chi connectivity index (χ0) is 18.9. The highest BCUT2D eigenvalue weighted by Crippen LogP contribution is 2.41. The summed E-state index contributed by atoms with van der Waals surface area (Å²) in [7, 11) is 0. The van der Waals surface area contributed by atoms with Crippen molar-refractivity contribution < 1.29 is 4.79 Å². The highest BCUT2D eigenvalue weighted by Gasteiger charge is 2.40. The van der Waals surface area contributed by atoms with Gasteiger partial charge in [-0.05, 0) is 32.3 Å². The number of thiazole rings is 1. The Kier molecular flexibility index (Phi) is 4.83. The SMILES string of the molecule is Cc1nc(C2(c3ccccc3)CCN(C(=O)Cn3ccnc3C)CC2)cs1. The number of likely N-dealkylation sites (tertiary alicyclic amines) is 1. The van der Waals surface area contributed by atoms with Gasteiger partial charge >= 0.3 is 0 Å². The van der Waals surface area contributed by atoms with E-state index in [0.717, 1.165) is 42.5 Å². The van der Waals surface area contributed by atoms with Crippen molar-refractivity contribution in [1.29, 1.82) is 0 Å². The molecule has 2 aromatic heterocycles. The van der Waals surface area contributed by atoms with E-state index in [9.17, 15) is 4.79 Å². The quantitative estimate of drug-likeness (QED) is 0.695. The highest BCUT2D eigenvalue weighted by atomic mass is 32.1. The van der Waals surface area contributed by atoms with E-state index in [2.05, 4.69) is 47.6 Å². The van der Waals surface area contributed by atoms with Gasteiger partial charge in [0.2, 0.25) is 5.91 Å². The molecule has 0 spiro atoms. The molecule has 5 nitrogen and oxygen atoms in total. The van der Waals surface area contributed by atoms with E-state index in [4.69, 9.17) is 4.98 Å². The molecule has 0 atom stereocenters. The summed E-state index contributed by atoms with van der Waals surface area (Å²) in [5.41, 5.74) is 2.34. The minimum absolute atomic E-state index is 0.103. The molecule has 0 aliphatic carbocycles. The lowest BCUT2D eigenvalue weighted by Gasteiger charge is -2.41. The van der Waals surface area contributed by atoms with Gasteiger partial charge < -0.3 is 9.47 Å². The third kappa shape index (κ3) is 3.41. The second-order valence-electron chi connectivity index (χ2n) is 7.18. The Morgan fingerprint density at radius 2 is 1.93 bits per heavy atom. The number of aromatic nitrogens is 3. The van der Waals surface area contributed by atoms with Gasteiger partial charge in [-0.25, -0.2) is 9.97 Å². The van der Waals surface area contributed by atoms with Crippen molar-refractivity contribution in [2.45, 2.75) is 38.6 Å². The molecule has 1 saturated heterocycles. The van der Waals surface area contributed by atoms with Crippen molar-refractivity contribution in [2.75, 3.05) is 13.1 Å². The first-order chi connectivity index (χ1) is 13.1. The molecule has 0 radical (unpaired) electrons. The van der Waals surface area contributed by atoms with Crippen molar-refractivity contribution in [3.05, 3.63) is 70.2 Å². The van der Waals surface area contributed by atoms with Gasteiger partial charge in [0.05, 0.1) is 10.7 Å². The normalized spacial score (nSPS) is 16.4. The molecule has 140 valence electrons. The number of nitrogens with zero attached hydrogens (tertiary/aromatic N) is 4. The summed E-state index contributed by atoms with van der Waals surface area (Å²) in [5, 5.41) is 3.28. The van der Waals surface area contributed by atoms with Crippen LogP contribution in [0.4, 0.5) is 0 Å². The molecular weight excluding hydrogens is 356 g/mol. The maximum absolute atomic E-state index is 12.8. The standard InChI is InChI=1S/C21H24N4OS/c1-16-22-10-13-25(16)14-20(26)24-11-8-21(9-12-24,18-6-4-3-5-7-18)19-15-27-17(2)23-19/h3-7,10,13,15H,8-9,11-12,14H2,1-2H3. The Bertz CT molecular complexity index is 923. The summed E-state index contributed by atoms with van der Waals surface area (Å²) in [6.45, 7) is 5.84. The third-order valence-corrected chi connectivity index (χ3v) is 6.41. The molecule has 0 N–H and O–H groups in total. The van der Waals surface area contributed by atoms with Crippen LogP contribution in [0, 0.1) is 13.8 Å². The molecule has 1 aromatic carbocycles. The maximum atomic E-state index is 12.8. The Morgan fingerprint density at radius 3 is 2.52 bits per heavy atom. The first kappa shape index (κ1) is 17.9. The first-order valence-electron chi connectivity index (χ1n) is 9.32. The Hall–Kier alpha value is -2.47. The summed E-state index contributed by atoms with van der Waals surface area (Å²) in [6, 6.07) is 10.6. The van der Waals surface area contributed by atoms with Crippen LogP contribution in [0.3, 0.4) is 0 Å². The van der Waals surface area contributed by atoms with Gasteiger partial charge in [-0.3, -0.25) is 4.79 Å². The van der Waals surface area contributed by atoms with Gasteiger partial charge in [0.1, 0.15) is 12.4 Å². The second kappa shape index (κ2) is 7.27. The van der Waals surface area contributed by atoms with Crippen LogP contribution in [0.1, 0.15) is 34.9 Å². The monoisotopic (exact) mass is 380 g/mol. The number of piperidine rings is 1. The predicted molar refractivity (Wildman–Crippen MR) is 107 cm³/mol. The fourth-order valence-corrected chi connectivity index (χ4v) is 4.70. The zero-order valence-electron chi connectivity index (χ0n) is 15.8. The fraction of sp³-hybridized carbons (Fsp3) is 0.381. The van der Waals surface area contributed by atoms with E-state index >= 15 is 0 Å². The van der Waals surface area contributed by atoms with Crippen molar-refractivity contribution >= 4 is 17.2 Å². The molecule has 0 unspecified atom stereocenters. The first-order valence-corrected chi connectivity index (χ1v) is 10.2. The van der Waals surface area contributed by atoms with Gasteiger partial charge in [-0.15, -0.1) is 11.3 Å². The Balaban J connectivity index is 1.55. The molecule has 3 aromatic rings. The molecular formula is C21H24N4OS. The summed E-state index contributed by atoms with van der Waals surface area (Å²) in [6.07, 6.45) is 5.40. The lowest BCUT2D eigenvalue weighted by atomic mass is 9.70. The molecule has 0 bridgehead atoms. The number of aryl methyl sites for hydroxylation is 2. The minimum atomic E-state index is -0.103. The summed E-state index contributed by atoms with van der Waals surface area (Å²) in [4.78, 5) is 23.8. The molecule has 27 heavy (non-hydrogen) atoms. The van der Waals surface area contributed by atoms with Crippen molar-refractivity contribution in [3.63, 3.8) is 0 Å². The van der Waals surface area contributed by atoms with Crippen molar-refractivity contribution in [2.24, 2.45) is 0 Å². The van der Waals surface area contributed by atoms with Crippen LogP contribution in [0.15, 0.2) is 48.1 Å². The predicted octanol–water partition coefficient (Wildman–Crippen LogP) is 3.57. The number of carbonyl (C=O) groups is 1. The average molecular weight is 381 g/mol. The lowest BCUT2D eigenvalue weighted by molar-refractivity contribution is -0.133. The Morgan fingerprint density at radius 1 is 1.19 bits per heavy atom. The van der Waals surface area contributed by atoms with E-state index in [0.29, 0.717) is 6.54 Å². The van der Waals surface area contributed by atoms with E-state index in [1.54, 1.807) is 17.5 Å². The summed E-state index contributed by atoms with van der Waals surface area (Å²) in [5.74, 6) is 1.03. The minimum Gasteiger partial charge on any atom is -0.341 e. The third-order valence-electron chi connectivity index (χ3n) is 5.63. The molecule has 4 rings (SSSR count). The number of benzene rings is 1. The van der Waals surface area contributed by atoms with Crippen LogP contribution in [-0.4, -0.2) is 38.4 Å². The van der Waals surface area contributed by atoms with Crippen LogP contribution in [0.5, 0.6) is 0 Å². The zero-order valence-corrected chi connectivity index (χ0v) is 16.6. The van der Waals surface area contributed by atoms with Crippen LogP contribution >= 0.6 is 11.3 Å². The van der Waals surface area contributed by atoms with Crippen molar-refractivity contribution in [3.8, 4) is 0 Å². The van der Waals surface area contributed by atoms with E-state index in [1.807, 2.05) is 22.6 Å². The average Bonchev–Trinajstić information content (AvgIpc) is 3.31. The maximum Gasteiger partial charge on any atom is 0.242 e. The van der Waals surface area contributed by atoms with E-state index in [1.165, 1.54) is 5.56 Å². The van der Waals surface area contributed by atoms with Crippen LogP contribution < -0.4 is 0 Å². The fourth-order valence-electron chi connectivity index (χ4n) is 3.99. The molecule has 1 aliphatic heterocycles. The second-order valence-corrected chi connectivity index (χ2v) is 8.25. The molecule has 0 saturated carbocycles. The molecule has 1 aliphatic rings. The number of hydrogen-bond donors (Lipinski definition) is 0. The number of carbonyl (C=O) groups excluding carboxylic acids is 1. The topological polar surface area (TPSA) is 51.0 Å². The molecule has 1 fully saturated rings. The lowest BCUT2D eigenvalue weighted by Crippen LogP contribution is -2.46. The number of rotatable bonds is 4. The van der Waals surface area contributed by atoms with E-state index < -0.39 is 0 Å². The number of imidazole rings is 1. The van der Waals surface area contributed by atoms with Crippen molar-refractivity contribution in [1.82, 2.24) is 19.4 Å². The van der Waals surface area contributed by atoms with Crippen LogP contribution in [0.2, 0.25) is 0 Å². The number of amides is 1. The molecule has 6 heteroatoms. The molecule has 3 heterocycles. The number of hydrogen-bond acceptors (Lipinski definition) is 4. The Labute approximate surface area is 163 Å². The van der Waals surface area contributed by atoms with E-state index in [-0.39, 0.29) is 11.3 Å². The van der Waals surface area contributed by atoms with Crippen LogP contribution in [-0.2, 0) is 16.8 Å². The van der Waals surface area contributed by atoms with Crippen LogP contribution in [0.25, 0.3) is 0 Å². The smallest absolute Gasteiger partial charge is 0.242 e. The van der Waals surface area contributed by atoms with Gasteiger partial charge in [-0.1, -0.05) is 30.3 Å². The summed E-state index contributed by atoms with van der Waals surface area (Å²) >= 11 is 1.70. The largest absolute Gasteiger partial charge is 0.341 e. The van der Waals surface area contributed by atoms with Gasteiger partial charge in [0.25, 0.3) is 0 Å². The highest BCUT2D eigenvalue weighted by molar-refractivity contribution is 7.09. The van der Waals surface area contributed by atoms with Gasteiger partial charge in [0, 0.05) is 36.3 Å². The molecule has 1 amide bonds.